The van der Waals surface area contributed by atoms with Gasteiger partial charge in [-0.15, -0.1) is 0 Å². The zero-order valence-corrected chi connectivity index (χ0v) is 13.6. The summed E-state index contributed by atoms with van der Waals surface area (Å²) in [7, 11) is 1.76. The second-order valence-electron chi connectivity index (χ2n) is 5.64. The van der Waals surface area contributed by atoms with Gasteiger partial charge >= 0.3 is 0 Å². The molecule has 1 aromatic heterocycles. The molecular weight excluding hydrogens is 274 g/mol. The minimum absolute atomic E-state index is 0.224. The van der Waals surface area contributed by atoms with Crippen molar-refractivity contribution in [2.45, 2.75) is 27.7 Å². The maximum absolute atomic E-state index is 12.2. The van der Waals surface area contributed by atoms with Crippen LogP contribution in [-0.4, -0.2) is 24.5 Å². The van der Waals surface area contributed by atoms with Crippen LogP contribution in [0.25, 0.3) is 0 Å². The number of halogens is 1. The smallest absolute Gasteiger partial charge is 0.271 e. The van der Waals surface area contributed by atoms with Crippen LogP contribution in [0, 0.1) is 17.8 Å². The van der Waals surface area contributed by atoms with Gasteiger partial charge in [-0.1, -0.05) is 39.3 Å². The molecule has 0 saturated heterocycles. The number of nitrogens with one attached hydrogen (secondary N) is 2. The van der Waals surface area contributed by atoms with E-state index in [0.717, 1.165) is 0 Å². The van der Waals surface area contributed by atoms with E-state index < -0.39 is 0 Å². The summed E-state index contributed by atoms with van der Waals surface area (Å²) in [6.07, 6.45) is 0. The molecule has 0 saturated carbocycles. The van der Waals surface area contributed by atoms with Crippen LogP contribution in [0.1, 0.15) is 38.2 Å². The van der Waals surface area contributed by atoms with Gasteiger partial charge in [0.15, 0.2) is 0 Å². The maximum Gasteiger partial charge on any atom is 0.271 e. The summed E-state index contributed by atoms with van der Waals surface area (Å²) in [5.41, 5.74) is 0.268. The number of anilines is 1. The Morgan fingerprint density at radius 3 is 2.35 bits per heavy atom. The van der Waals surface area contributed by atoms with Crippen molar-refractivity contribution in [1.82, 2.24) is 10.3 Å². The van der Waals surface area contributed by atoms with Gasteiger partial charge in [0.1, 0.15) is 11.5 Å². The third-order valence-electron chi connectivity index (χ3n) is 3.53. The highest BCUT2D eigenvalue weighted by molar-refractivity contribution is 6.33. The van der Waals surface area contributed by atoms with Crippen LogP contribution in [0.2, 0.25) is 5.02 Å². The van der Waals surface area contributed by atoms with Crippen LogP contribution in [-0.2, 0) is 0 Å². The van der Waals surface area contributed by atoms with Crippen molar-refractivity contribution < 1.29 is 4.79 Å². The number of pyridine rings is 1. The van der Waals surface area contributed by atoms with Gasteiger partial charge in [-0.2, -0.15) is 0 Å². The predicted molar refractivity (Wildman–Crippen MR) is 84.3 cm³/mol. The molecule has 0 bridgehead atoms. The molecule has 0 aliphatic heterocycles. The topological polar surface area (TPSA) is 54.0 Å². The van der Waals surface area contributed by atoms with Crippen LogP contribution in [0.15, 0.2) is 12.1 Å². The largest absolute Gasteiger partial charge is 0.373 e. The molecule has 5 heteroatoms. The highest BCUT2D eigenvalue weighted by atomic mass is 35.5. The van der Waals surface area contributed by atoms with Gasteiger partial charge in [-0.3, -0.25) is 4.79 Å². The summed E-state index contributed by atoms with van der Waals surface area (Å²) in [5.74, 6) is 1.87. The Morgan fingerprint density at radius 1 is 1.25 bits per heavy atom. The Morgan fingerprint density at radius 2 is 1.85 bits per heavy atom. The molecule has 0 spiro atoms. The van der Waals surface area contributed by atoms with E-state index in [2.05, 4.69) is 43.3 Å². The van der Waals surface area contributed by atoms with Gasteiger partial charge in [0.25, 0.3) is 5.91 Å². The highest BCUT2D eigenvalue weighted by Crippen LogP contribution is 2.20. The minimum atomic E-state index is -0.224. The van der Waals surface area contributed by atoms with Crippen LogP contribution < -0.4 is 10.6 Å². The van der Waals surface area contributed by atoms with Gasteiger partial charge in [-0.25, -0.2) is 4.98 Å². The molecule has 2 N–H and O–H groups in total. The Balaban J connectivity index is 2.76. The van der Waals surface area contributed by atoms with E-state index in [1.165, 1.54) is 0 Å². The summed E-state index contributed by atoms with van der Waals surface area (Å²) in [6, 6.07) is 3.42. The van der Waals surface area contributed by atoms with E-state index in [0.29, 0.717) is 35.1 Å². The monoisotopic (exact) mass is 297 g/mol. The fourth-order valence-electron chi connectivity index (χ4n) is 2.28. The summed E-state index contributed by atoms with van der Waals surface area (Å²) >= 11 is 6.04. The molecule has 0 aromatic carbocycles. The zero-order valence-electron chi connectivity index (χ0n) is 12.8. The third-order valence-corrected chi connectivity index (χ3v) is 3.83. The quantitative estimate of drug-likeness (QED) is 0.846. The Bertz CT molecular complexity index is 452. The number of aromatic nitrogens is 1. The lowest BCUT2D eigenvalue weighted by molar-refractivity contribution is 0.0932. The standard InChI is InChI=1S/C15H24ClN3O/c1-9(2)11(10(3)4)8-18-15(20)14-12(16)6-7-13(17-5)19-14/h6-7,9-11H,8H2,1-5H3,(H,17,19)(H,18,20). The maximum atomic E-state index is 12.2. The van der Waals surface area contributed by atoms with E-state index >= 15 is 0 Å². The second-order valence-corrected chi connectivity index (χ2v) is 6.05. The normalized spacial score (nSPS) is 11.2. The molecule has 4 nitrogen and oxygen atoms in total. The number of carbonyl (C=O) groups excluding carboxylic acids is 1. The fraction of sp³-hybridized carbons (Fsp3) is 0.600. The molecule has 1 amide bonds. The van der Waals surface area contributed by atoms with Crippen molar-refractivity contribution in [3.63, 3.8) is 0 Å². The zero-order chi connectivity index (χ0) is 15.3. The van der Waals surface area contributed by atoms with Gasteiger partial charge in [0.05, 0.1) is 5.02 Å². The molecule has 0 aliphatic carbocycles. The first kappa shape index (κ1) is 16.8. The summed E-state index contributed by atoms with van der Waals surface area (Å²) in [6.45, 7) is 9.32. The van der Waals surface area contributed by atoms with Gasteiger partial charge in [0.2, 0.25) is 0 Å². The van der Waals surface area contributed by atoms with Crippen molar-refractivity contribution in [3.05, 3.63) is 22.8 Å². The molecule has 0 aliphatic rings. The highest BCUT2D eigenvalue weighted by Gasteiger charge is 2.20. The predicted octanol–water partition coefficient (Wildman–Crippen LogP) is 3.43. The van der Waals surface area contributed by atoms with Gasteiger partial charge in [0, 0.05) is 13.6 Å². The van der Waals surface area contributed by atoms with Crippen LogP contribution in [0.3, 0.4) is 0 Å². The number of hydrogen-bond donors (Lipinski definition) is 2. The van der Waals surface area contributed by atoms with E-state index in [9.17, 15) is 4.79 Å². The van der Waals surface area contributed by atoms with Crippen molar-refractivity contribution in [3.8, 4) is 0 Å². The molecule has 0 fully saturated rings. The number of amides is 1. The van der Waals surface area contributed by atoms with Gasteiger partial charge in [-0.05, 0) is 29.9 Å². The summed E-state index contributed by atoms with van der Waals surface area (Å²) in [4.78, 5) is 16.4. The summed E-state index contributed by atoms with van der Waals surface area (Å²) < 4.78 is 0. The number of carbonyl (C=O) groups is 1. The molecule has 1 heterocycles. The SMILES string of the molecule is CNc1ccc(Cl)c(C(=O)NCC(C(C)C)C(C)C)n1. The van der Waals surface area contributed by atoms with E-state index in [1.54, 1.807) is 19.2 Å². The Hall–Kier alpha value is -1.29. The lowest BCUT2D eigenvalue weighted by Gasteiger charge is -2.25. The molecule has 0 radical (unpaired) electrons. The van der Waals surface area contributed by atoms with Crippen LogP contribution >= 0.6 is 11.6 Å². The average molecular weight is 298 g/mol. The lowest BCUT2D eigenvalue weighted by atomic mass is 9.85. The molecule has 1 rings (SSSR count). The van der Waals surface area contributed by atoms with Crippen LogP contribution in [0.5, 0.6) is 0 Å². The first-order valence-corrected chi connectivity index (χ1v) is 7.37. The Kier molecular flexibility index (Phi) is 6.27. The molecule has 112 valence electrons. The first-order valence-electron chi connectivity index (χ1n) is 6.99. The van der Waals surface area contributed by atoms with Crippen LogP contribution in [0.4, 0.5) is 5.82 Å². The summed E-state index contributed by atoms with van der Waals surface area (Å²) in [5, 5.41) is 6.21. The van der Waals surface area contributed by atoms with E-state index in [-0.39, 0.29) is 11.6 Å². The van der Waals surface area contributed by atoms with E-state index in [1.807, 2.05) is 0 Å². The molecule has 0 atom stereocenters. The minimum Gasteiger partial charge on any atom is -0.373 e. The average Bonchev–Trinajstić information content (AvgIpc) is 2.38. The second kappa shape index (κ2) is 7.48. The fourth-order valence-corrected chi connectivity index (χ4v) is 2.47. The van der Waals surface area contributed by atoms with Gasteiger partial charge < -0.3 is 10.6 Å². The van der Waals surface area contributed by atoms with E-state index in [4.69, 9.17) is 11.6 Å². The molecular formula is C15H24ClN3O. The number of hydrogen-bond acceptors (Lipinski definition) is 3. The lowest BCUT2D eigenvalue weighted by Crippen LogP contribution is -2.34. The molecule has 20 heavy (non-hydrogen) atoms. The van der Waals surface area contributed by atoms with Crippen molar-refractivity contribution in [2.24, 2.45) is 17.8 Å². The van der Waals surface area contributed by atoms with Crippen molar-refractivity contribution in [1.29, 1.82) is 0 Å². The van der Waals surface area contributed by atoms with Crippen molar-refractivity contribution in [2.75, 3.05) is 18.9 Å². The third kappa shape index (κ3) is 4.37. The molecule has 1 aromatic rings. The number of rotatable bonds is 6. The first-order chi connectivity index (χ1) is 9.36. The Labute approximate surface area is 126 Å². The van der Waals surface area contributed by atoms with Crippen molar-refractivity contribution >= 4 is 23.3 Å². The number of nitrogens with zero attached hydrogens (tertiary/aromatic N) is 1. The molecule has 0 unspecified atom stereocenters.